The fourth-order valence-corrected chi connectivity index (χ4v) is 10.4. The van der Waals surface area contributed by atoms with Gasteiger partial charge in [-0.2, -0.15) is 0 Å². The van der Waals surface area contributed by atoms with E-state index < -0.39 is 5.41 Å². The Morgan fingerprint density at radius 2 is 0.950 bits per heavy atom. The molecule has 10 aromatic carbocycles. The van der Waals surface area contributed by atoms with Gasteiger partial charge in [0.1, 0.15) is 5.69 Å². The average molecular weight is 762 g/mol. The van der Waals surface area contributed by atoms with Crippen LogP contribution in [0, 0.1) is 0 Å². The number of hydrogen-bond donors (Lipinski definition) is 0. The monoisotopic (exact) mass is 761 g/mol. The summed E-state index contributed by atoms with van der Waals surface area (Å²) >= 11 is 0. The molecule has 0 fully saturated rings. The molecule has 2 heterocycles. The van der Waals surface area contributed by atoms with Crippen molar-refractivity contribution in [2.45, 2.75) is 5.41 Å². The molecule has 0 spiro atoms. The molecule has 0 atom stereocenters. The van der Waals surface area contributed by atoms with Crippen LogP contribution in [0.15, 0.2) is 212 Å². The summed E-state index contributed by atoms with van der Waals surface area (Å²) < 4.78 is 2.38. The Balaban J connectivity index is 1.15. The minimum Gasteiger partial charge on any atom is -0.292 e. The molecule has 0 bridgehead atoms. The summed E-state index contributed by atoms with van der Waals surface area (Å²) in [5.74, 6) is 0.813. The van der Waals surface area contributed by atoms with Crippen LogP contribution >= 0.6 is 0 Å². The Labute approximate surface area is 346 Å². The zero-order valence-corrected chi connectivity index (χ0v) is 32.5. The topological polar surface area (TPSA) is 30.7 Å². The van der Waals surface area contributed by atoms with Gasteiger partial charge in [0.15, 0.2) is 5.82 Å². The molecule has 0 amide bonds. The third-order valence-electron chi connectivity index (χ3n) is 13.0. The van der Waals surface area contributed by atoms with E-state index >= 15 is 0 Å². The quantitative estimate of drug-likeness (QED) is 0.167. The Morgan fingerprint density at radius 3 is 1.67 bits per heavy atom. The Morgan fingerprint density at radius 1 is 0.383 bits per heavy atom. The maximum absolute atomic E-state index is 5.64. The number of rotatable bonds is 4. The SMILES string of the molecule is c1ccc(C2(c3ccccc3)c3ccccc3-c3c2ccc2c3c3ccccc3n2-c2nc3cc4ccccc4cc3nc2-c2ccc3cc4ccccc4cc3c2)cc1. The molecule has 0 N–H and O–H groups in total. The van der Waals surface area contributed by atoms with Crippen LogP contribution in [0.1, 0.15) is 22.3 Å². The van der Waals surface area contributed by atoms with Crippen LogP contribution in [-0.2, 0) is 5.41 Å². The minimum atomic E-state index is -0.504. The molecule has 0 radical (unpaired) electrons. The predicted octanol–water partition coefficient (Wildman–Crippen LogP) is 14.2. The van der Waals surface area contributed by atoms with E-state index in [1.807, 2.05) is 0 Å². The molecule has 1 aliphatic carbocycles. The number of para-hydroxylation sites is 1. The van der Waals surface area contributed by atoms with Crippen molar-refractivity contribution in [3.63, 3.8) is 0 Å². The third-order valence-corrected chi connectivity index (χ3v) is 13.0. The second-order valence-electron chi connectivity index (χ2n) is 16.1. The molecule has 60 heavy (non-hydrogen) atoms. The second kappa shape index (κ2) is 12.6. The lowest BCUT2D eigenvalue weighted by atomic mass is 9.67. The van der Waals surface area contributed by atoms with Gasteiger partial charge in [-0.25, -0.2) is 9.97 Å². The van der Waals surface area contributed by atoms with Gasteiger partial charge in [0.2, 0.25) is 0 Å². The summed E-state index contributed by atoms with van der Waals surface area (Å²) in [7, 11) is 0. The molecular weight excluding hydrogens is 727 g/mol. The Kier molecular flexibility index (Phi) is 6.93. The lowest BCUT2D eigenvalue weighted by molar-refractivity contribution is 0.769. The molecule has 3 heteroatoms. The summed E-state index contributed by atoms with van der Waals surface area (Å²) in [5, 5.41) is 9.53. The molecule has 278 valence electrons. The van der Waals surface area contributed by atoms with Gasteiger partial charge in [-0.05, 0) is 108 Å². The summed E-state index contributed by atoms with van der Waals surface area (Å²) in [6.45, 7) is 0. The van der Waals surface area contributed by atoms with E-state index in [0.717, 1.165) is 49.9 Å². The van der Waals surface area contributed by atoms with Crippen molar-refractivity contribution >= 4 is 65.2 Å². The zero-order chi connectivity index (χ0) is 39.4. The highest BCUT2D eigenvalue weighted by atomic mass is 15.1. The van der Waals surface area contributed by atoms with Gasteiger partial charge in [-0.3, -0.25) is 4.57 Å². The summed E-state index contributed by atoms with van der Waals surface area (Å²) in [6.07, 6.45) is 0. The molecule has 3 nitrogen and oxygen atoms in total. The molecule has 2 aromatic heterocycles. The van der Waals surface area contributed by atoms with Crippen molar-refractivity contribution in [1.82, 2.24) is 14.5 Å². The molecule has 0 saturated carbocycles. The van der Waals surface area contributed by atoms with E-state index in [1.165, 1.54) is 65.7 Å². The second-order valence-corrected chi connectivity index (χ2v) is 16.1. The van der Waals surface area contributed by atoms with E-state index in [9.17, 15) is 0 Å². The molecule has 0 unspecified atom stereocenters. The van der Waals surface area contributed by atoms with E-state index in [2.05, 4.69) is 217 Å². The standard InChI is InChI=1S/C57H35N3/c1-3-19-43(20-4-1)57(44-21-5-2-6-22-44)47-25-13-11-23-45(47)53-48(57)29-30-52-54(53)46-24-12-14-26-51(46)60(52)56-55(58-49-34-38-17-9-10-18-39(38)35-50(49)59-56)41-28-27-40-31-36-15-7-8-16-37(36)32-42(40)33-41/h1-35H. The van der Waals surface area contributed by atoms with Crippen LogP contribution in [0.5, 0.6) is 0 Å². The molecule has 0 aliphatic heterocycles. The zero-order valence-electron chi connectivity index (χ0n) is 32.5. The van der Waals surface area contributed by atoms with Crippen molar-refractivity contribution in [2.75, 3.05) is 0 Å². The third kappa shape index (κ3) is 4.60. The number of fused-ring (bicyclic) bond motifs is 11. The number of hydrogen-bond acceptors (Lipinski definition) is 2. The van der Waals surface area contributed by atoms with Gasteiger partial charge in [0, 0.05) is 16.3 Å². The average Bonchev–Trinajstić information content (AvgIpc) is 3.81. The summed E-state index contributed by atoms with van der Waals surface area (Å²) in [4.78, 5) is 11.2. The first kappa shape index (κ1) is 33.1. The fraction of sp³-hybridized carbons (Fsp3) is 0.0175. The van der Waals surface area contributed by atoms with Crippen LogP contribution in [0.3, 0.4) is 0 Å². The molecule has 0 saturated heterocycles. The van der Waals surface area contributed by atoms with E-state index in [-0.39, 0.29) is 0 Å². The Hall–Kier alpha value is -7.88. The van der Waals surface area contributed by atoms with Gasteiger partial charge in [-0.15, -0.1) is 0 Å². The van der Waals surface area contributed by atoms with Crippen LogP contribution in [0.2, 0.25) is 0 Å². The minimum absolute atomic E-state index is 0.504. The Bertz CT molecular complexity index is 3670. The number of benzene rings is 10. The van der Waals surface area contributed by atoms with E-state index in [4.69, 9.17) is 9.97 Å². The maximum atomic E-state index is 5.64. The van der Waals surface area contributed by atoms with Crippen molar-refractivity contribution < 1.29 is 0 Å². The smallest absolute Gasteiger partial charge is 0.165 e. The first-order valence-corrected chi connectivity index (χ1v) is 20.7. The fourth-order valence-electron chi connectivity index (χ4n) is 10.4. The normalized spacial score (nSPS) is 13.1. The van der Waals surface area contributed by atoms with Crippen LogP contribution in [0.25, 0.3) is 93.4 Å². The van der Waals surface area contributed by atoms with E-state index in [1.54, 1.807) is 0 Å². The van der Waals surface area contributed by atoms with Gasteiger partial charge in [0.25, 0.3) is 0 Å². The number of nitrogens with zero attached hydrogens (tertiary/aromatic N) is 3. The largest absolute Gasteiger partial charge is 0.292 e. The first-order valence-electron chi connectivity index (χ1n) is 20.7. The van der Waals surface area contributed by atoms with Crippen molar-refractivity contribution in [3.05, 3.63) is 235 Å². The highest BCUT2D eigenvalue weighted by Crippen LogP contribution is 2.59. The van der Waals surface area contributed by atoms with E-state index in [0.29, 0.717) is 0 Å². The lowest BCUT2D eigenvalue weighted by Crippen LogP contribution is -2.28. The summed E-state index contributed by atoms with van der Waals surface area (Å²) in [5.41, 5.74) is 12.9. The molecular formula is C57H35N3. The molecule has 13 rings (SSSR count). The van der Waals surface area contributed by atoms with Crippen LogP contribution < -0.4 is 0 Å². The lowest BCUT2D eigenvalue weighted by Gasteiger charge is -2.33. The van der Waals surface area contributed by atoms with Crippen molar-refractivity contribution in [3.8, 4) is 28.2 Å². The number of aromatic nitrogens is 3. The molecule has 12 aromatic rings. The van der Waals surface area contributed by atoms with Crippen LogP contribution in [0.4, 0.5) is 0 Å². The van der Waals surface area contributed by atoms with Gasteiger partial charge < -0.3 is 0 Å². The van der Waals surface area contributed by atoms with Crippen molar-refractivity contribution in [2.24, 2.45) is 0 Å². The van der Waals surface area contributed by atoms with Gasteiger partial charge in [-0.1, -0.05) is 170 Å². The van der Waals surface area contributed by atoms with Gasteiger partial charge >= 0.3 is 0 Å². The molecule has 1 aliphatic rings. The highest BCUT2D eigenvalue weighted by Gasteiger charge is 2.47. The van der Waals surface area contributed by atoms with Crippen molar-refractivity contribution in [1.29, 1.82) is 0 Å². The highest BCUT2D eigenvalue weighted by molar-refractivity contribution is 6.18. The van der Waals surface area contributed by atoms with Crippen LogP contribution in [-0.4, -0.2) is 14.5 Å². The van der Waals surface area contributed by atoms with Gasteiger partial charge in [0.05, 0.1) is 27.5 Å². The first-order chi connectivity index (χ1) is 29.7. The summed E-state index contributed by atoms with van der Waals surface area (Å²) in [6, 6.07) is 77.4. The predicted molar refractivity (Wildman–Crippen MR) is 249 cm³/mol. The maximum Gasteiger partial charge on any atom is 0.165 e.